The van der Waals surface area contributed by atoms with Crippen LogP contribution in [-0.4, -0.2) is 101 Å². The molecule has 0 spiro atoms. The molecular weight excluding hydrogens is 484 g/mol. The van der Waals surface area contributed by atoms with E-state index in [2.05, 4.69) is 16.7 Å². The second kappa shape index (κ2) is 13.4. The molecule has 2 saturated heterocycles. The summed E-state index contributed by atoms with van der Waals surface area (Å²) in [5, 5.41) is 0. The van der Waals surface area contributed by atoms with Crippen molar-refractivity contribution in [3.63, 3.8) is 0 Å². The van der Waals surface area contributed by atoms with E-state index in [4.69, 9.17) is 23.7 Å². The first-order chi connectivity index (χ1) is 18.8. The topological polar surface area (TPSA) is 69.7 Å². The van der Waals surface area contributed by atoms with Gasteiger partial charge in [0, 0.05) is 56.0 Å². The van der Waals surface area contributed by atoms with Gasteiger partial charge in [0.25, 0.3) is 0 Å². The largest absolute Gasteiger partial charge is 0.493 e. The van der Waals surface area contributed by atoms with E-state index < -0.39 is 0 Å². The van der Waals surface area contributed by atoms with E-state index in [0.717, 1.165) is 102 Å². The highest BCUT2D eigenvalue weighted by Gasteiger charge is 2.35. The molecule has 0 unspecified atom stereocenters. The molecule has 2 aromatic carbocycles. The van der Waals surface area contributed by atoms with Crippen molar-refractivity contribution in [2.24, 2.45) is 0 Å². The van der Waals surface area contributed by atoms with Gasteiger partial charge in [-0.1, -0.05) is 19.1 Å². The number of benzene rings is 2. The molecule has 0 N–H and O–H groups in total. The smallest absolute Gasteiger partial charge is 0.198 e. The van der Waals surface area contributed by atoms with Gasteiger partial charge in [-0.05, 0) is 37.5 Å². The molecule has 1 aliphatic carbocycles. The first-order valence-electron chi connectivity index (χ1n) is 14.1. The lowest BCUT2D eigenvalue weighted by atomic mass is 10.0. The van der Waals surface area contributed by atoms with Crippen LogP contribution >= 0.6 is 0 Å². The van der Waals surface area contributed by atoms with Gasteiger partial charge in [0.05, 0.1) is 51.8 Å². The molecular formula is C30H40N2O6. The lowest BCUT2D eigenvalue weighted by molar-refractivity contribution is 0.0357. The van der Waals surface area contributed by atoms with Crippen LogP contribution in [0.1, 0.15) is 42.1 Å². The zero-order chi connectivity index (χ0) is 26.2. The monoisotopic (exact) mass is 524 g/mol. The summed E-state index contributed by atoms with van der Waals surface area (Å²) in [6.45, 7) is 12.8. The standard InChI is InChI=1S/C30H40N2O6/c1-2-16-36-25-8-9-26(38-18-5-11-32-14-21-35-22-15-32)29-28(25)27-23(30(29)33)6-3-7-24(27)37-17-4-10-31-12-19-34-20-13-31/h3,6-9H,2,4-5,10-22H2,1H3. The Morgan fingerprint density at radius 3 is 1.79 bits per heavy atom. The molecule has 2 aliphatic heterocycles. The van der Waals surface area contributed by atoms with Crippen LogP contribution in [-0.2, 0) is 9.47 Å². The summed E-state index contributed by atoms with van der Waals surface area (Å²) in [7, 11) is 0. The van der Waals surface area contributed by atoms with Crippen LogP contribution in [0.4, 0.5) is 0 Å². The molecule has 5 rings (SSSR count). The van der Waals surface area contributed by atoms with Crippen LogP contribution in [0, 0.1) is 0 Å². The highest BCUT2D eigenvalue weighted by atomic mass is 16.5. The molecule has 206 valence electrons. The molecule has 0 atom stereocenters. The third-order valence-corrected chi connectivity index (χ3v) is 7.30. The molecule has 2 fully saturated rings. The fraction of sp³-hybridized carbons (Fsp3) is 0.567. The number of ether oxygens (including phenoxy) is 5. The van der Waals surface area contributed by atoms with Gasteiger partial charge >= 0.3 is 0 Å². The number of hydrogen-bond donors (Lipinski definition) is 0. The first-order valence-corrected chi connectivity index (χ1v) is 14.1. The average molecular weight is 525 g/mol. The summed E-state index contributed by atoms with van der Waals surface area (Å²) in [6.07, 6.45) is 2.69. The van der Waals surface area contributed by atoms with Crippen molar-refractivity contribution in [2.75, 3.05) is 85.5 Å². The van der Waals surface area contributed by atoms with Crippen LogP contribution in [0.2, 0.25) is 0 Å². The van der Waals surface area contributed by atoms with Gasteiger partial charge in [0.15, 0.2) is 5.78 Å². The number of morpholine rings is 2. The second-order valence-corrected chi connectivity index (χ2v) is 9.98. The maximum Gasteiger partial charge on any atom is 0.198 e. The molecule has 0 radical (unpaired) electrons. The molecule has 0 bridgehead atoms. The van der Waals surface area contributed by atoms with E-state index in [1.807, 2.05) is 30.3 Å². The molecule has 8 heteroatoms. The average Bonchev–Trinajstić information content (AvgIpc) is 3.27. The zero-order valence-electron chi connectivity index (χ0n) is 22.5. The fourth-order valence-corrected chi connectivity index (χ4v) is 5.31. The minimum Gasteiger partial charge on any atom is -0.493 e. The van der Waals surface area contributed by atoms with E-state index in [1.165, 1.54) is 0 Å². The number of fused-ring (bicyclic) bond motifs is 3. The number of hydrogen-bond acceptors (Lipinski definition) is 8. The maximum absolute atomic E-state index is 13.7. The third-order valence-electron chi connectivity index (χ3n) is 7.30. The van der Waals surface area contributed by atoms with Crippen molar-refractivity contribution >= 4 is 5.78 Å². The Bertz CT molecular complexity index is 1080. The summed E-state index contributed by atoms with van der Waals surface area (Å²) in [5.74, 6) is 2.02. The second-order valence-electron chi connectivity index (χ2n) is 9.98. The Hall–Kier alpha value is -2.65. The van der Waals surface area contributed by atoms with Crippen LogP contribution in [0.25, 0.3) is 11.1 Å². The number of rotatable bonds is 13. The molecule has 8 nitrogen and oxygen atoms in total. The van der Waals surface area contributed by atoms with E-state index in [-0.39, 0.29) is 5.78 Å². The number of nitrogens with zero attached hydrogens (tertiary/aromatic N) is 2. The van der Waals surface area contributed by atoms with Gasteiger partial charge < -0.3 is 23.7 Å². The SMILES string of the molecule is CCCOc1ccc(OCCCN2CCOCC2)c2c1-c1c(OCCCN3CCOCC3)cccc1C2=O. The van der Waals surface area contributed by atoms with Gasteiger partial charge in [-0.2, -0.15) is 0 Å². The van der Waals surface area contributed by atoms with Gasteiger partial charge in [0.2, 0.25) is 0 Å². The van der Waals surface area contributed by atoms with Gasteiger partial charge in [-0.25, -0.2) is 0 Å². The lowest BCUT2D eigenvalue weighted by Crippen LogP contribution is -2.37. The van der Waals surface area contributed by atoms with E-state index in [9.17, 15) is 4.79 Å². The van der Waals surface area contributed by atoms with E-state index in [1.54, 1.807) is 0 Å². The number of carbonyl (C=O) groups excluding carboxylic acids is 1. The van der Waals surface area contributed by atoms with E-state index >= 15 is 0 Å². The van der Waals surface area contributed by atoms with E-state index in [0.29, 0.717) is 42.4 Å². The molecule has 2 aromatic rings. The Kier molecular flexibility index (Phi) is 9.52. The van der Waals surface area contributed by atoms with Crippen LogP contribution < -0.4 is 14.2 Å². The zero-order valence-corrected chi connectivity index (χ0v) is 22.5. The molecule has 3 aliphatic rings. The van der Waals surface area contributed by atoms with Crippen molar-refractivity contribution in [3.05, 3.63) is 41.5 Å². The number of ketones is 1. The van der Waals surface area contributed by atoms with Crippen molar-refractivity contribution in [1.29, 1.82) is 0 Å². The van der Waals surface area contributed by atoms with Crippen LogP contribution in [0.5, 0.6) is 17.2 Å². The Morgan fingerprint density at radius 1 is 0.684 bits per heavy atom. The third kappa shape index (κ3) is 6.31. The molecule has 38 heavy (non-hydrogen) atoms. The summed E-state index contributed by atoms with van der Waals surface area (Å²) in [6, 6.07) is 9.55. The predicted octanol–water partition coefficient (Wildman–Crippen LogP) is 3.89. The minimum absolute atomic E-state index is 0.0288. The van der Waals surface area contributed by atoms with Crippen molar-refractivity contribution in [3.8, 4) is 28.4 Å². The van der Waals surface area contributed by atoms with Crippen molar-refractivity contribution in [2.45, 2.75) is 26.2 Å². The van der Waals surface area contributed by atoms with Crippen molar-refractivity contribution < 1.29 is 28.5 Å². The van der Waals surface area contributed by atoms with Gasteiger partial charge in [0.1, 0.15) is 17.2 Å². The van der Waals surface area contributed by atoms with Crippen LogP contribution in [0.3, 0.4) is 0 Å². The quantitative estimate of drug-likeness (QED) is 0.312. The molecule has 0 saturated carbocycles. The van der Waals surface area contributed by atoms with Gasteiger partial charge in [-0.3, -0.25) is 14.6 Å². The van der Waals surface area contributed by atoms with Crippen molar-refractivity contribution in [1.82, 2.24) is 9.80 Å². The first kappa shape index (κ1) is 26.9. The predicted molar refractivity (Wildman–Crippen MR) is 146 cm³/mol. The fourth-order valence-electron chi connectivity index (χ4n) is 5.31. The Morgan fingerprint density at radius 2 is 1.21 bits per heavy atom. The Labute approximate surface area is 225 Å². The lowest BCUT2D eigenvalue weighted by Gasteiger charge is -2.26. The summed E-state index contributed by atoms with van der Waals surface area (Å²) in [5.41, 5.74) is 2.86. The number of carbonyl (C=O) groups is 1. The summed E-state index contributed by atoms with van der Waals surface area (Å²) >= 11 is 0. The van der Waals surface area contributed by atoms with Gasteiger partial charge in [-0.15, -0.1) is 0 Å². The molecule has 0 amide bonds. The van der Waals surface area contributed by atoms with Crippen LogP contribution in [0.15, 0.2) is 30.3 Å². The normalized spacial score (nSPS) is 17.8. The Balaban J connectivity index is 1.31. The molecule has 2 heterocycles. The minimum atomic E-state index is -0.0288. The highest BCUT2D eigenvalue weighted by molar-refractivity contribution is 6.25. The maximum atomic E-state index is 13.7. The molecule has 0 aromatic heterocycles. The summed E-state index contributed by atoms with van der Waals surface area (Å²) in [4.78, 5) is 18.5. The highest BCUT2D eigenvalue weighted by Crippen LogP contribution is 2.50. The summed E-state index contributed by atoms with van der Waals surface area (Å²) < 4.78 is 29.5.